The van der Waals surface area contributed by atoms with Crippen molar-refractivity contribution in [2.75, 3.05) is 0 Å². The summed E-state index contributed by atoms with van der Waals surface area (Å²) in [5.41, 5.74) is 4.38. The molecule has 0 heterocycles. The van der Waals surface area contributed by atoms with Crippen molar-refractivity contribution in [3.05, 3.63) is 34.1 Å². The number of rotatable bonds is 1. The minimum absolute atomic E-state index is 0.407. The molecule has 16 heavy (non-hydrogen) atoms. The molecule has 0 atom stereocenters. The number of halogens is 4. The highest BCUT2D eigenvalue weighted by Crippen LogP contribution is 2.40. The van der Waals surface area contributed by atoms with E-state index in [1.54, 1.807) is 0 Å². The Morgan fingerprint density at radius 2 is 1.69 bits per heavy atom. The van der Waals surface area contributed by atoms with E-state index in [0.29, 0.717) is 18.9 Å². The van der Waals surface area contributed by atoms with E-state index < -0.39 is 33.6 Å². The molecule has 0 unspecified atom stereocenters. The van der Waals surface area contributed by atoms with Crippen LogP contribution in [0.1, 0.15) is 31.2 Å². The maximum absolute atomic E-state index is 13.7. The van der Waals surface area contributed by atoms with Gasteiger partial charge < -0.3 is 5.73 Å². The van der Waals surface area contributed by atoms with Crippen LogP contribution in [0.3, 0.4) is 0 Å². The average molecular weight is 250 g/mol. The van der Waals surface area contributed by atoms with Gasteiger partial charge in [0, 0.05) is 11.1 Å². The van der Waals surface area contributed by atoms with Crippen molar-refractivity contribution in [1.82, 2.24) is 0 Å². The van der Waals surface area contributed by atoms with Crippen LogP contribution in [0, 0.1) is 17.5 Å². The van der Waals surface area contributed by atoms with Crippen molar-refractivity contribution in [3.63, 3.8) is 0 Å². The van der Waals surface area contributed by atoms with Gasteiger partial charge in [0.15, 0.2) is 11.6 Å². The zero-order valence-corrected chi connectivity index (χ0v) is 9.25. The lowest BCUT2D eigenvalue weighted by Gasteiger charge is -2.25. The summed E-state index contributed by atoms with van der Waals surface area (Å²) in [7, 11) is 0. The first-order valence-electron chi connectivity index (χ1n) is 5.08. The van der Waals surface area contributed by atoms with Gasteiger partial charge in [0.2, 0.25) is 0 Å². The van der Waals surface area contributed by atoms with Crippen LogP contribution < -0.4 is 5.73 Å². The second-order valence-electron chi connectivity index (χ2n) is 4.21. The van der Waals surface area contributed by atoms with Crippen LogP contribution in [0.2, 0.25) is 5.02 Å². The molecule has 1 aliphatic carbocycles. The van der Waals surface area contributed by atoms with E-state index in [-0.39, 0.29) is 0 Å². The molecule has 0 saturated heterocycles. The largest absolute Gasteiger partial charge is 0.321 e. The van der Waals surface area contributed by atoms with E-state index in [4.69, 9.17) is 17.3 Å². The molecule has 2 rings (SSSR count). The van der Waals surface area contributed by atoms with Gasteiger partial charge in [0.05, 0.1) is 5.02 Å². The minimum atomic E-state index is -1.22. The zero-order chi connectivity index (χ0) is 11.9. The van der Waals surface area contributed by atoms with Crippen LogP contribution in [0.15, 0.2) is 6.07 Å². The molecule has 1 nitrogen and oxygen atoms in total. The minimum Gasteiger partial charge on any atom is -0.321 e. The Kier molecular flexibility index (Phi) is 2.88. The number of hydrogen-bond acceptors (Lipinski definition) is 1. The molecular weight excluding hydrogens is 239 g/mol. The van der Waals surface area contributed by atoms with E-state index in [9.17, 15) is 13.2 Å². The molecule has 1 aromatic carbocycles. The van der Waals surface area contributed by atoms with Crippen molar-refractivity contribution >= 4 is 11.6 Å². The number of benzene rings is 1. The molecule has 0 aliphatic heterocycles. The third-order valence-corrected chi connectivity index (χ3v) is 3.38. The smallest absolute Gasteiger partial charge is 0.166 e. The Morgan fingerprint density at radius 3 is 2.25 bits per heavy atom. The summed E-state index contributed by atoms with van der Waals surface area (Å²) in [5.74, 6) is -3.31. The SMILES string of the molecule is NC1(c2c(F)c(F)cc(Cl)c2F)CCCC1. The molecule has 0 aromatic heterocycles. The highest BCUT2D eigenvalue weighted by atomic mass is 35.5. The van der Waals surface area contributed by atoms with Crippen LogP contribution in [0.25, 0.3) is 0 Å². The normalized spacial score (nSPS) is 19.1. The van der Waals surface area contributed by atoms with E-state index in [2.05, 4.69) is 0 Å². The second-order valence-corrected chi connectivity index (χ2v) is 4.61. The molecule has 0 radical (unpaired) electrons. The van der Waals surface area contributed by atoms with Gasteiger partial charge in [-0.05, 0) is 18.9 Å². The molecular formula is C11H11ClF3N. The van der Waals surface area contributed by atoms with Crippen molar-refractivity contribution < 1.29 is 13.2 Å². The molecule has 0 spiro atoms. The van der Waals surface area contributed by atoms with E-state index >= 15 is 0 Å². The van der Waals surface area contributed by atoms with Crippen LogP contribution in [0.5, 0.6) is 0 Å². The first-order valence-corrected chi connectivity index (χ1v) is 5.46. The Labute approximate surface area is 96.4 Å². The van der Waals surface area contributed by atoms with E-state index in [1.807, 2.05) is 0 Å². The highest BCUT2D eigenvalue weighted by Gasteiger charge is 2.38. The van der Waals surface area contributed by atoms with Gasteiger partial charge in [0.1, 0.15) is 5.82 Å². The van der Waals surface area contributed by atoms with Crippen LogP contribution in [0.4, 0.5) is 13.2 Å². The van der Waals surface area contributed by atoms with Crippen LogP contribution >= 0.6 is 11.6 Å². The average Bonchev–Trinajstić information content (AvgIpc) is 2.63. The Bertz CT molecular complexity index is 401. The van der Waals surface area contributed by atoms with Gasteiger partial charge in [-0.1, -0.05) is 24.4 Å². The summed E-state index contributed by atoms with van der Waals surface area (Å²) in [6.07, 6.45) is 2.45. The second kappa shape index (κ2) is 3.93. The fourth-order valence-corrected chi connectivity index (χ4v) is 2.46. The maximum Gasteiger partial charge on any atom is 0.166 e. The van der Waals surface area contributed by atoms with Crippen molar-refractivity contribution in [2.24, 2.45) is 5.73 Å². The molecule has 0 amide bonds. The summed E-state index contributed by atoms with van der Waals surface area (Å²) in [6, 6.07) is 0.633. The lowest BCUT2D eigenvalue weighted by atomic mass is 9.88. The highest BCUT2D eigenvalue weighted by molar-refractivity contribution is 6.30. The lowest BCUT2D eigenvalue weighted by molar-refractivity contribution is 0.387. The molecule has 1 fully saturated rings. The summed E-state index contributed by atoms with van der Waals surface area (Å²) in [6.45, 7) is 0. The van der Waals surface area contributed by atoms with Gasteiger partial charge in [0.25, 0.3) is 0 Å². The van der Waals surface area contributed by atoms with Gasteiger partial charge in [-0.2, -0.15) is 0 Å². The van der Waals surface area contributed by atoms with Crippen molar-refractivity contribution in [3.8, 4) is 0 Å². The quantitative estimate of drug-likeness (QED) is 0.758. The van der Waals surface area contributed by atoms with E-state index in [0.717, 1.165) is 12.8 Å². The molecule has 1 saturated carbocycles. The monoisotopic (exact) mass is 249 g/mol. The van der Waals surface area contributed by atoms with Gasteiger partial charge in [-0.15, -0.1) is 0 Å². The first-order chi connectivity index (χ1) is 7.46. The Balaban J connectivity index is 2.63. The van der Waals surface area contributed by atoms with Crippen LogP contribution in [-0.2, 0) is 5.54 Å². The standard InChI is InChI=1S/C11H11ClF3N/c12-6-5-7(13)10(15)8(9(6)14)11(16)3-1-2-4-11/h5H,1-4,16H2. The predicted molar refractivity (Wildman–Crippen MR) is 55.7 cm³/mol. The summed E-state index contributed by atoms with van der Waals surface area (Å²) in [4.78, 5) is 0. The topological polar surface area (TPSA) is 26.0 Å². The van der Waals surface area contributed by atoms with Crippen molar-refractivity contribution in [1.29, 1.82) is 0 Å². The van der Waals surface area contributed by atoms with E-state index in [1.165, 1.54) is 0 Å². The number of hydrogen-bond donors (Lipinski definition) is 1. The summed E-state index contributed by atoms with van der Waals surface area (Å²) < 4.78 is 40.5. The molecule has 5 heteroatoms. The molecule has 2 N–H and O–H groups in total. The predicted octanol–water partition coefficient (Wildman–Crippen LogP) is 3.49. The number of nitrogens with two attached hydrogens (primary N) is 1. The van der Waals surface area contributed by atoms with Gasteiger partial charge in [-0.25, -0.2) is 13.2 Å². The maximum atomic E-state index is 13.7. The molecule has 1 aliphatic rings. The summed E-state index contributed by atoms with van der Waals surface area (Å²) >= 11 is 5.49. The first kappa shape index (κ1) is 11.7. The third kappa shape index (κ3) is 1.70. The lowest BCUT2D eigenvalue weighted by Crippen LogP contribution is -2.35. The molecule has 88 valence electrons. The Morgan fingerprint density at radius 1 is 1.12 bits per heavy atom. The zero-order valence-electron chi connectivity index (χ0n) is 8.49. The molecule has 1 aromatic rings. The fraction of sp³-hybridized carbons (Fsp3) is 0.455. The van der Waals surface area contributed by atoms with Crippen LogP contribution in [-0.4, -0.2) is 0 Å². The fourth-order valence-electron chi connectivity index (χ4n) is 2.27. The summed E-state index contributed by atoms with van der Waals surface area (Å²) in [5, 5.41) is -0.425. The van der Waals surface area contributed by atoms with Crippen molar-refractivity contribution in [2.45, 2.75) is 31.2 Å². The third-order valence-electron chi connectivity index (χ3n) is 3.11. The van der Waals surface area contributed by atoms with Gasteiger partial charge in [-0.3, -0.25) is 0 Å². The molecule has 0 bridgehead atoms. The Hall–Kier alpha value is -0.740. The van der Waals surface area contributed by atoms with Gasteiger partial charge >= 0.3 is 0 Å².